The van der Waals surface area contributed by atoms with Crippen molar-refractivity contribution in [2.24, 2.45) is 0 Å². The Hall–Kier alpha value is -0.380. The quantitative estimate of drug-likeness (QED) is 0.740. The lowest BCUT2D eigenvalue weighted by molar-refractivity contribution is 0.0837. The zero-order chi connectivity index (χ0) is 13.0. The molecule has 0 radical (unpaired) electrons. The third-order valence-corrected chi connectivity index (χ3v) is 4.05. The van der Waals surface area contributed by atoms with Crippen LogP contribution in [0.3, 0.4) is 0 Å². The third kappa shape index (κ3) is 4.30. The van der Waals surface area contributed by atoms with E-state index in [9.17, 15) is 4.79 Å². The van der Waals surface area contributed by atoms with E-state index in [2.05, 4.69) is 27.8 Å². The molecule has 0 spiro atoms. The number of hydrogen-bond acceptors (Lipinski definition) is 2. The number of hydrogen-bond donors (Lipinski definition) is 0. The maximum Gasteiger partial charge on any atom is 0.179 e. The maximum absolute atomic E-state index is 12.6. The number of halogens is 2. The van der Waals surface area contributed by atoms with Gasteiger partial charge < -0.3 is 0 Å². The van der Waals surface area contributed by atoms with Crippen molar-refractivity contribution >= 4 is 34.1 Å². The Kier molecular flexibility index (Phi) is 7.05. The first-order valence-corrected chi connectivity index (χ1v) is 7.55. The van der Waals surface area contributed by atoms with E-state index in [1.807, 2.05) is 24.3 Å². The lowest BCUT2D eigenvalue weighted by Crippen LogP contribution is -2.39. The first-order chi connectivity index (χ1) is 8.72. The summed E-state index contributed by atoms with van der Waals surface area (Å²) in [5.74, 6) is 0.278. The number of benzene rings is 1. The topological polar surface area (TPSA) is 20.3 Å². The number of nitrogens with zero attached hydrogens (tertiary/aromatic N) is 1. The Morgan fingerprint density at radius 3 is 2.63 bits per heavy atom. The van der Waals surface area contributed by atoms with Gasteiger partial charge in [-0.05, 0) is 44.5 Å². The van der Waals surface area contributed by atoms with Crippen molar-refractivity contribution in [2.75, 3.05) is 13.1 Å². The number of Topliss-reactive ketones (excluding diaryl/α,β-unsaturated/α-hetero) is 1. The Bertz CT molecular complexity index is 418. The van der Waals surface area contributed by atoms with Crippen LogP contribution in [0.15, 0.2) is 28.7 Å². The van der Waals surface area contributed by atoms with Crippen molar-refractivity contribution in [1.82, 2.24) is 4.90 Å². The molecule has 19 heavy (non-hydrogen) atoms. The Morgan fingerprint density at radius 1 is 1.37 bits per heavy atom. The fourth-order valence-electron chi connectivity index (χ4n) is 2.64. The van der Waals surface area contributed by atoms with Gasteiger partial charge in [-0.3, -0.25) is 9.69 Å². The third-order valence-electron chi connectivity index (χ3n) is 3.56. The number of likely N-dealkylation sites (tertiary alicyclic amines) is 1. The molecule has 1 aliphatic rings. The van der Waals surface area contributed by atoms with Crippen LogP contribution < -0.4 is 0 Å². The van der Waals surface area contributed by atoms with Crippen molar-refractivity contribution in [3.63, 3.8) is 0 Å². The van der Waals surface area contributed by atoms with E-state index in [0.717, 1.165) is 36.0 Å². The molecule has 2 nitrogen and oxygen atoms in total. The highest BCUT2D eigenvalue weighted by Gasteiger charge is 2.27. The molecule has 1 aliphatic heterocycles. The van der Waals surface area contributed by atoms with Crippen LogP contribution in [0.1, 0.15) is 43.0 Å². The van der Waals surface area contributed by atoms with Crippen LogP contribution in [0, 0.1) is 0 Å². The van der Waals surface area contributed by atoms with Crippen molar-refractivity contribution < 1.29 is 4.79 Å². The molecule has 1 unspecified atom stereocenters. The van der Waals surface area contributed by atoms with E-state index in [1.165, 1.54) is 12.8 Å². The fourth-order valence-corrected chi connectivity index (χ4v) is 3.04. The molecule has 0 N–H and O–H groups in total. The first kappa shape index (κ1) is 16.7. The number of carbonyl (C=O) groups excluding carboxylic acids is 1. The van der Waals surface area contributed by atoms with Gasteiger partial charge in [-0.1, -0.05) is 41.4 Å². The second kappa shape index (κ2) is 8.03. The van der Waals surface area contributed by atoms with Gasteiger partial charge in [0, 0.05) is 10.0 Å². The molecule has 0 bridgehead atoms. The summed E-state index contributed by atoms with van der Waals surface area (Å²) >= 11 is 3.44. The molecule has 1 heterocycles. The zero-order valence-corrected chi connectivity index (χ0v) is 13.7. The van der Waals surface area contributed by atoms with Crippen LogP contribution in [0.25, 0.3) is 0 Å². The summed E-state index contributed by atoms with van der Waals surface area (Å²) in [7, 11) is 0. The molecule has 1 atom stereocenters. The van der Waals surface area contributed by atoms with Crippen molar-refractivity contribution in [3.8, 4) is 0 Å². The first-order valence-electron chi connectivity index (χ1n) is 6.76. The predicted molar refractivity (Wildman–Crippen MR) is 85.2 cm³/mol. The molecule has 4 heteroatoms. The minimum absolute atomic E-state index is 0. The summed E-state index contributed by atoms with van der Waals surface area (Å²) < 4.78 is 0.977. The van der Waals surface area contributed by atoms with Gasteiger partial charge in [0.25, 0.3) is 0 Å². The van der Waals surface area contributed by atoms with Crippen LogP contribution in [0.2, 0.25) is 0 Å². The molecular weight excluding hydrogens is 326 g/mol. The van der Waals surface area contributed by atoms with Gasteiger partial charge in [0.15, 0.2) is 5.78 Å². The van der Waals surface area contributed by atoms with Gasteiger partial charge in [-0.2, -0.15) is 0 Å². The highest BCUT2D eigenvalue weighted by molar-refractivity contribution is 9.10. The van der Waals surface area contributed by atoms with Crippen molar-refractivity contribution in [2.45, 2.75) is 38.6 Å². The minimum atomic E-state index is 0. The molecule has 0 aromatic heterocycles. The van der Waals surface area contributed by atoms with Gasteiger partial charge in [-0.25, -0.2) is 0 Å². The van der Waals surface area contributed by atoms with E-state index >= 15 is 0 Å². The molecule has 0 amide bonds. The van der Waals surface area contributed by atoms with Crippen LogP contribution in [0.5, 0.6) is 0 Å². The average Bonchev–Trinajstić information content (AvgIpc) is 2.89. The van der Waals surface area contributed by atoms with Gasteiger partial charge in [0.05, 0.1) is 6.04 Å². The largest absolute Gasteiger partial charge is 0.293 e. The molecule has 0 aliphatic carbocycles. The predicted octanol–water partition coefficient (Wildman–Crippen LogP) is 4.32. The van der Waals surface area contributed by atoms with E-state index in [-0.39, 0.29) is 24.2 Å². The Morgan fingerprint density at radius 2 is 2.05 bits per heavy atom. The Balaban J connectivity index is 0.00000180. The van der Waals surface area contributed by atoms with E-state index in [0.29, 0.717) is 0 Å². The summed E-state index contributed by atoms with van der Waals surface area (Å²) in [6, 6.07) is 7.82. The van der Waals surface area contributed by atoms with Crippen molar-refractivity contribution in [1.29, 1.82) is 0 Å². The standard InChI is InChI=1S/C15H20BrNO.ClH/c1-2-6-14(17-9-3-4-10-17)15(18)12-7-5-8-13(16)11-12;/h5,7-8,11,14H,2-4,6,9-10H2,1H3;1H. The van der Waals surface area contributed by atoms with Gasteiger partial charge >= 0.3 is 0 Å². The lowest BCUT2D eigenvalue weighted by Gasteiger charge is -2.26. The highest BCUT2D eigenvalue weighted by Crippen LogP contribution is 2.21. The second-order valence-electron chi connectivity index (χ2n) is 4.92. The molecular formula is C15H21BrClNO. The average molecular weight is 347 g/mol. The van der Waals surface area contributed by atoms with E-state index in [1.54, 1.807) is 0 Å². The lowest BCUT2D eigenvalue weighted by atomic mass is 9.99. The van der Waals surface area contributed by atoms with Gasteiger partial charge in [-0.15, -0.1) is 12.4 Å². The maximum atomic E-state index is 12.6. The van der Waals surface area contributed by atoms with Crippen LogP contribution in [-0.2, 0) is 0 Å². The number of ketones is 1. The van der Waals surface area contributed by atoms with Crippen molar-refractivity contribution in [3.05, 3.63) is 34.3 Å². The smallest absolute Gasteiger partial charge is 0.179 e. The molecule has 1 aromatic carbocycles. The fraction of sp³-hybridized carbons (Fsp3) is 0.533. The number of carbonyl (C=O) groups is 1. The second-order valence-corrected chi connectivity index (χ2v) is 5.84. The van der Waals surface area contributed by atoms with Gasteiger partial charge in [0.2, 0.25) is 0 Å². The van der Waals surface area contributed by atoms with E-state index < -0.39 is 0 Å². The Labute approximate surface area is 130 Å². The van der Waals surface area contributed by atoms with Crippen LogP contribution in [0.4, 0.5) is 0 Å². The summed E-state index contributed by atoms with van der Waals surface area (Å²) in [4.78, 5) is 15.0. The van der Waals surface area contributed by atoms with E-state index in [4.69, 9.17) is 0 Å². The molecule has 1 fully saturated rings. The molecule has 2 rings (SSSR count). The SMILES string of the molecule is CCCC(C(=O)c1cccc(Br)c1)N1CCCC1.Cl. The summed E-state index contributed by atoms with van der Waals surface area (Å²) in [6.45, 7) is 4.30. The normalized spacial score (nSPS) is 16.9. The van der Waals surface area contributed by atoms with Crippen LogP contribution in [-0.4, -0.2) is 29.8 Å². The monoisotopic (exact) mass is 345 g/mol. The number of rotatable bonds is 5. The summed E-state index contributed by atoms with van der Waals surface area (Å²) in [6.07, 6.45) is 4.48. The molecule has 1 saturated heterocycles. The molecule has 1 aromatic rings. The van der Waals surface area contributed by atoms with Gasteiger partial charge in [0.1, 0.15) is 0 Å². The summed E-state index contributed by atoms with van der Waals surface area (Å²) in [5, 5.41) is 0. The zero-order valence-electron chi connectivity index (χ0n) is 11.3. The van der Waals surface area contributed by atoms with Crippen LogP contribution >= 0.6 is 28.3 Å². The highest BCUT2D eigenvalue weighted by atomic mass is 79.9. The summed E-state index contributed by atoms with van der Waals surface area (Å²) in [5.41, 5.74) is 0.828. The minimum Gasteiger partial charge on any atom is -0.293 e. The molecule has 0 saturated carbocycles. The molecule has 106 valence electrons.